The minimum Gasteiger partial charge on any atom is -0.486 e. The van der Waals surface area contributed by atoms with Crippen LogP contribution in [0.2, 0.25) is 0 Å². The van der Waals surface area contributed by atoms with Crippen molar-refractivity contribution in [2.45, 2.75) is 37.8 Å². The molecule has 0 spiro atoms. The first-order valence-electron chi connectivity index (χ1n) is 15.4. The van der Waals surface area contributed by atoms with Gasteiger partial charge in [0.15, 0.2) is 11.5 Å². The molecule has 5 rings (SSSR count). The Morgan fingerprint density at radius 1 is 0.830 bits per heavy atom. The maximum Gasteiger partial charge on any atom is 0.264 e. The molecule has 0 saturated heterocycles. The Morgan fingerprint density at radius 2 is 1.49 bits per heavy atom. The van der Waals surface area contributed by atoms with Crippen molar-refractivity contribution in [1.82, 2.24) is 10.2 Å². The average Bonchev–Trinajstić information content (AvgIpc) is 3.08. The molecule has 11 heteroatoms. The van der Waals surface area contributed by atoms with Gasteiger partial charge in [-0.1, -0.05) is 90.4 Å². The second-order valence-corrected chi connectivity index (χ2v) is 14.4. The van der Waals surface area contributed by atoms with E-state index < -0.39 is 28.5 Å². The number of rotatable bonds is 13. The summed E-state index contributed by atoms with van der Waals surface area (Å²) in [5.74, 6) is 0.204. The number of fused-ring (bicyclic) bond motifs is 1. The largest absolute Gasteiger partial charge is 0.486 e. The lowest BCUT2D eigenvalue weighted by Gasteiger charge is -2.34. The van der Waals surface area contributed by atoms with Gasteiger partial charge in [-0.2, -0.15) is 0 Å². The highest BCUT2D eigenvalue weighted by Gasteiger charge is 2.35. The molecular formula is C36H38BrN3O6S. The molecule has 0 aliphatic carbocycles. The van der Waals surface area contributed by atoms with Crippen LogP contribution in [0, 0.1) is 5.92 Å². The molecule has 0 aromatic heterocycles. The number of anilines is 1. The number of hydrogen-bond donors (Lipinski definition) is 1. The molecule has 1 aliphatic rings. The number of carbonyl (C=O) groups is 2. The van der Waals surface area contributed by atoms with Gasteiger partial charge in [-0.25, -0.2) is 8.42 Å². The zero-order valence-corrected chi connectivity index (χ0v) is 28.7. The number of benzene rings is 4. The Balaban J connectivity index is 1.58. The fraction of sp³-hybridized carbons (Fsp3) is 0.278. The molecule has 0 saturated carbocycles. The van der Waals surface area contributed by atoms with E-state index in [0.29, 0.717) is 31.3 Å². The van der Waals surface area contributed by atoms with Gasteiger partial charge in [0.25, 0.3) is 10.0 Å². The van der Waals surface area contributed by atoms with Gasteiger partial charge in [0.2, 0.25) is 11.8 Å². The first-order valence-corrected chi connectivity index (χ1v) is 17.7. The van der Waals surface area contributed by atoms with Crippen LogP contribution >= 0.6 is 15.9 Å². The molecular weight excluding hydrogens is 682 g/mol. The maximum absolute atomic E-state index is 14.6. The van der Waals surface area contributed by atoms with Gasteiger partial charge in [0.05, 0.1) is 10.6 Å². The van der Waals surface area contributed by atoms with Crippen molar-refractivity contribution < 1.29 is 27.5 Å². The summed E-state index contributed by atoms with van der Waals surface area (Å²) in [5.41, 5.74) is 1.88. The Kier molecular flexibility index (Phi) is 11.2. The van der Waals surface area contributed by atoms with Crippen molar-refractivity contribution in [3.05, 3.63) is 119 Å². The molecule has 1 aliphatic heterocycles. The van der Waals surface area contributed by atoms with Crippen molar-refractivity contribution in [2.75, 3.05) is 30.6 Å². The van der Waals surface area contributed by atoms with E-state index in [1.54, 1.807) is 36.4 Å². The standard InChI is InChI=1S/C36H38BrN3O6S/c1-26(2)23-38-36(42)32(21-27-10-5-3-6-11-27)39(24-28-12-9-13-29(37)20-28)35(41)25-40(47(43,44)31-14-7-4-8-15-31)30-16-17-33-34(22-30)46-19-18-45-33/h3-17,20,22,26,32H,18-19,21,23-25H2,1-2H3,(H,38,42). The lowest BCUT2D eigenvalue weighted by Crippen LogP contribution is -2.53. The number of hydrogen-bond acceptors (Lipinski definition) is 6. The highest BCUT2D eigenvalue weighted by molar-refractivity contribution is 9.10. The monoisotopic (exact) mass is 719 g/mol. The molecule has 246 valence electrons. The number of nitrogens with zero attached hydrogens (tertiary/aromatic N) is 2. The molecule has 47 heavy (non-hydrogen) atoms. The molecule has 4 aromatic carbocycles. The van der Waals surface area contributed by atoms with Gasteiger partial charge in [0.1, 0.15) is 25.8 Å². The number of amides is 2. The van der Waals surface area contributed by atoms with Gasteiger partial charge < -0.3 is 19.7 Å². The van der Waals surface area contributed by atoms with Gasteiger partial charge in [-0.3, -0.25) is 13.9 Å². The molecule has 0 radical (unpaired) electrons. The first kappa shape index (κ1) is 34.0. The van der Waals surface area contributed by atoms with E-state index in [1.807, 2.05) is 68.4 Å². The van der Waals surface area contributed by atoms with E-state index in [2.05, 4.69) is 21.2 Å². The molecule has 2 amide bonds. The van der Waals surface area contributed by atoms with Crippen LogP contribution in [0.1, 0.15) is 25.0 Å². The van der Waals surface area contributed by atoms with E-state index in [9.17, 15) is 18.0 Å². The van der Waals surface area contributed by atoms with Crippen molar-refractivity contribution in [3.8, 4) is 11.5 Å². The lowest BCUT2D eigenvalue weighted by molar-refractivity contribution is -0.140. The minimum atomic E-state index is -4.23. The Hall–Kier alpha value is -4.35. The zero-order chi connectivity index (χ0) is 33.4. The van der Waals surface area contributed by atoms with Crippen LogP contribution in [-0.2, 0) is 32.6 Å². The third-order valence-corrected chi connectivity index (χ3v) is 9.90. The average molecular weight is 721 g/mol. The minimum absolute atomic E-state index is 0.0248. The van der Waals surface area contributed by atoms with Crippen LogP contribution in [-0.4, -0.2) is 57.5 Å². The molecule has 4 aromatic rings. The SMILES string of the molecule is CC(C)CNC(=O)C(Cc1ccccc1)N(Cc1cccc(Br)c1)C(=O)CN(c1ccc2c(c1)OCCO2)S(=O)(=O)c1ccccc1. The zero-order valence-electron chi connectivity index (χ0n) is 26.3. The number of ether oxygens (including phenoxy) is 2. The predicted molar refractivity (Wildman–Crippen MR) is 185 cm³/mol. The second-order valence-electron chi connectivity index (χ2n) is 11.6. The number of carbonyl (C=O) groups excluding carboxylic acids is 2. The van der Waals surface area contributed by atoms with E-state index in [-0.39, 0.29) is 35.4 Å². The number of nitrogens with one attached hydrogen (secondary N) is 1. The van der Waals surface area contributed by atoms with Crippen LogP contribution < -0.4 is 19.1 Å². The second kappa shape index (κ2) is 15.5. The van der Waals surface area contributed by atoms with Crippen LogP contribution in [0.15, 0.2) is 112 Å². The Bertz CT molecular complexity index is 1790. The topological polar surface area (TPSA) is 105 Å². The van der Waals surface area contributed by atoms with Gasteiger partial charge in [0, 0.05) is 30.0 Å². The van der Waals surface area contributed by atoms with Crippen molar-refractivity contribution in [1.29, 1.82) is 0 Å². The summed E-state index contributed by atoms with van der Waals surface area (Å²) in [7, 11) is -4.23. The number of halogens is 1. The summed E-state index contributed by atoms with van der Waals surface area (Å²) >= 11 is 3.51. The van der Waals surface area contributed by atoms with Crippen LogP contribution in [0.3, 0.4) is 0 Å². The molecule has 0 bridgehead atoms. The Morgan fingerprint density at radius 3 is 2.17 bits per heavy atom. The molecule has 9 nitrogen and oxygen atoms in total. The van der Waals surface area contributed by atoms with Crippen molar-refractivity contribution in [2.24, 2.45) is 5.92 Å². The van der Waals surface area contributed by atoms with Crippen LogP contribution in [0.5, 0.6) is 11.5 Å². The van der Waals surface area contributed by atoms with Crippen molar-refractivity contribution >= 4 is 43.5 Å². The van der Waals surface area contributed by atoms with Gasteiger partial charge >= 0.3 is 0 Å². The highest BCUT2D eigenvalue weighted by Crippen LogP contribution is 2.36. The van der Waals surface area contributed by atoms with Crippen LogP contribution in [0.25, 0.3) is 0 Å². The van der Waals surface area contributed by atoms with Crippen molar-refractivity contribution in [3.63, 3.8) is 0 Å². The lowest BCUT2D eigenvalue weighted by atomic mass is 10.0. The van der Waals surface area contributed by atoms with E-state index in [4.69, 9.17) is 9.47 Å². The third-order valence-electron chi connectivity index (χ3n) is 7.62. The molecule has 0 fully saturated rings. The van der Waals surface area contributed by atoms with E-state index >= 15 is 0 Å². The summed E-state index contributed by atoms with van der Waals surface area (Å²) in [6.07, 6.45) is 0.236. The van der Waals surface area contributed by atoms with E-state index in [1.165, 1.54) is 17.0 Å². The quantitative estimate of drug-likeness (QED) is 0.187. The highest BCUT2D eigenvalue weighted by atomic mass is 79.9. The summed E-state index contributed by atoms with van der Waals surface area (Å²) in [6.45, 7) is 4.62. The first-order chi connectivity index (χ1) is 22.6. The predicted octanol–water partition coefficient (Wildman–Crippen LogP) is 5.83. The fourth-order valence-electron chi connectivity index (χ4n) is 5.24. The summed E-state index contributed by atoms with van der Waals surface area (Å²) in [4.78, 5) is 30.0. The van der Waals surface area contributed by atoms with Gasteiger partial charge in [-0.15, -0.1) is 0 Å². The normalized spacial score (nSPS) is 13.1. The third kappa shape index (κ3) is 8.72. The Labute approximate surface area is 284 Å². The maximum atomic E-state index is 14.6. The summed E-state index contributed by atoms with van der Waals surface area (Å²) in [6, 6.07) is 28.8. The molecule has 1 heterocycles. The molecule has 1 N–H and O–H groups in total. The van der Waals surface area contributed by atoms with E-state index in [0.717, 1.165) is 19.9 Å². The summed E-state index contributed by atoms with van der Waals surface area (Å²) in [5, 5.41) is 3.01. The smallest absolute Gasteiger partial charge is 0.264 e. The molecule has 1 unspecified atom stereocenters. The summed E-state index contributed by atoms with van der Waals surface area (Å²) < 4.78 is 41.8. The van der Waals surface area contributed by atoms with Crippen LogP contribution in [0.4, 0.5) is 5.69 Å². The fourth-order valence-corrected chi connectivity index (χ4v) is 7.12. The molecule has 1 atom stereocenters. The van der Waals surface area contributed by atoms with Gasteiger partial charge in [-0.05, 0) is 53.4 Å². The number of sulfonamides is 1.